The Morgan fingerprint density at radius 2 is 1.33 bits per heavy atom. The van der Waals surface area contributed by atoms with Gasteiger partial charge in [0, 0.05) is 11.3 Å². The number of para-hydroxylation sites is 1. The van der Waals surface area contributed by atoms with Gasteiger partial charge in [0.05, 0.1) is 5.69 Å². The summed E-state index contributed by atoms with van der Waals surface area (Å²) in [6.45, 7) is 0. The van der Waals surface area contributed by atoms with Crippen LogP contribution in [0, 0.1) is 5.82 Å². The molecule has 0 heterocycles. The number of anilines is 2. The lowest BCUT2D eigenvalue weighted by atomic mass is 10.1. The monoisotopic (exact) mass is 323 g/mol. The largest absolute Gasteiger partial charge is 0.508 e. The molecule has 4 nitrogen and oxygen atoms in total. The summed E-state index contributed by atoms with van der Waals surface area (Å²) in [5.41, 5.74) is 0.807. The van der Waals surface area contributed by atoms with Crippen molar-refractivity contribution in [2.75, 3.05) is 4.90 Å². The van der Waals surface area contributed by atoms with E-state index >= 15 is 0 Å². The fraction of sp³-hybridized carbons (Fsp3) is 0. The average Bonchev–Trinajstić information content (AvgIpc) is 2.59. The molecule has 0 unspecified atom stereocenters. The number of benzene rings is 3. The van der Waals surface area contributed by atoms with E-state index in [1.54, 1.807) is 12.1 Å². The van der Waals surface area contributed by atoms with E-state index in [1.807, 2.05) is 0 Å². The molecule has 0 fully saturated rings. The van der Waals surface area contributed by atoms with E-state index < -0.39 is 11.7 Å². The van der Waals surface area contributed by atoms with E-state index in [4.69, 9.17) is 0 Å². The summed E-state index contributed by atoms with van der Waals surface area (Å²) in [5, 5.41) is 18.8. The highest BCUT2D eigenvalue weighted by atomic mass is 19.1. The van der Waals surface area contributed by atoms with Gasteiger partial charge in [0.1, 0.15) is 17.3 Å². The van der Waals surface area contributed by atoms with Crippen molar-refractivity contribution in [1.29, 1.82) is 0 Å². The number of amides is 1. The van der Waals surface area contributed by atoms with Crippen LogP contribution in [0.25, 0.3) is 0 Å². The predicted octanol–water partition coefficient (Wildman–Crippen LogP) is 4.22. The van der Waals surface area contributed by atoms with Crippen molar-refractivity contribution in [3.05, 3.63) is 84.2 Å². The van der Waals surface area contributed by atoms with Gasteiger partial charge in [0.2, 0.25) is 0 Å². The number of hydrogen-bond donors (Lipinski definition) is 2. The molecule has 5 heteroatoms. The summed E-state index contributed by atoms with van der Waals surface area (Å²) in [5.74, 6) is -0.915. The molecular weight excluding hydrogens is 309 g/mol. The highest BCUT2D eigenvalue weighted by Crippen LogP contribution is 2.31. The Balaban J connectivity index is 2.11. The third-order valence-electron chi connectivity index (χ3n) is 3.52. The minimum atomic E-state index is -0.544. The van der Waals surface area contributed by atoms with Crippen LogP contribution in [0.4, 0.5) is 15.8 Å². The van der Waals surface area contributed by atoms with Crippen molar-refractivity contribution in [2.24, 2.45) is 0 Å². The maximum atomic E-state index is 14.3. The van der Waals surface area contributed by atoms with Gasteiger partial charge in [-0.15, -0.1) is 0 Å². The molecule has 0 atom stereocenters. The first-order valence-corrected chi connectivity index (χ1v) is 7.23. The van der Waals surface area contributed by atoms with Crippen LogP contribution < -0.4 is 4.90 Å². The Hall–Kier alpha value is -3.34. The van der Waals surface area contributed by atoms with Crippen molar-refractivity contribution >= 4 is 17.3 Å². The van der Waals surface area contributed by atoms with Crippen molar-refractivity contribution in [3.8, 4) is 11.5 Å². The second-order valence-corrected chi connectivity index (χ2v) is 5.16. The highest BCUT2D eigenvalue weighted by molar-refractivity contribution is 6.11. The number of halogens is 1. The van der Waals surface area contributed by atoms with Crippen LogP contribution in [0.15, 0.2) is 72.8 Å². The van der Waals surface area contributed by atoms with E-state index in [1.165, 1.54) is 65.6 Å². The number of carbonyl (C=O) groups is 1. The summed E-state index contributed by atoms with van der Waals surface area (Å²) >= 11 is 0. The zero-order valence-electron chi connectivity index (χ0n) is 12.6. The molecule has 0 saturated carbocycles. The summed E-state index contributed by atoms with van der Waals surface area (Å²) in [6, 6.07) is 17.6. The standard InChI is InChI=1S/C19H14FNO3/c20-17-3-1-2-4-18(17)21(14-7-11-16(23)12-8-14)19(24)13-5-9-15(22)10-6-13/h1-12,22-23H. The molecule has 0 bridgehead atoms. The smallest absolute Gasteiger partial charge is 0.262 e. The quantitative estimate of drug-likeness (QED) is 0.759. The van der Waals surface area contributed by atoms with Crippen LogP contribution in [-0.2, 0) is 0 Å². The van der Waals surface area contributed by atoms with Crippen molar-refractivity contribution in [3.63, 3.8) is 0 Å². The first-order valence-electron chi connectivity index (χ1n) is 7.23. The number of nitrogens with zero attached hydrogens (tertiary/aromatic N) is 1. The molecule has 0 aliphatic heterocycles. The lowest BCUT2D eigenvalue weighted by Gasteiger charge is -2.23. The molecule has 0 aliphatic carbocycles. The fourth-order valence-electron chi connectivity index (χ4n) is 2.33. The van der Waals surface area contributed by atoms with Crippen LogP contribution in [0.2, 0.25) is 0 Å². The third kappa shape index (κ3) is 3.05. The van der Waals surface area contributed by atoms with Gasteiger partial charge in [-0.05, 0) is 60.7 Å². The summed E-state index contributed by atoms with van der Waals surface area (Å²) in [7, 11) is 0. The first-order chi connectivity index (χ1) is 11.6. The SMILES string of the molecule is O=C(c1ccc(O)cc1)N(c1ccc(O)cc1)c1ccccc1F. The van der Waals surface area contributed by atoms with Crippen molar-refractivity contribution in [2.45, 2.75) is 0 Å². The number of hydrogen-bond acceptors (Lipinski definition) is 3. The van der Waals surface area contributed by atoms with E-state index in [2.05, 4.69) is 0 Å². The zero-order valence-corrected chi connectivity index (χ0v) is 12.6. The molecule has 0 aliphatic rings. The second kappa shape index (κ2) is 6.42. The Morgan fingerprint density at radius 3 is 1.92 bits per heavy atom. The Labute approximate surface area is 138 Å². The molecule has 0 radical (unpaired) electrons. The van der Waals surface area contributed by atoms with Gasteiger partial charge < -0.3 is 10.2 Å². The molecule has 0 aromatic heterocycles. The molecule has 120 valence electrons. The van der Waals surface area contributed by atoms with Crippen molar-refractivity contribution in [1.82, 2.24) is 0 Å². The maximum Gasteiger partial charge on any atom is 0.262 e. The number of aromatic hydroxyl groups is 2. The van der Waals surface area contributed by atoms with Crippen LogP contribution in [0.5, 0.6) is 11.5 Å². The summed E-state index contributed by atoms with van der Waals surface area (Å²) in [6.07, 6.45) is 0. The Bertz CT molecular complexity index is 861. The van der Waals surface area contributed by atoms with Gasteiger partial charge in [-0.1, -0.05) is 12.1 Å². The van der Waals surface area contributed by atoms with Gasteiger partial charge in [-0.3, -0.25) is 9.69 Å². The maximum absolute atomic E-state index is 14.3. The lowest BCUT2D eigenvalue weighted by molar-refractivity contribution is 0.0998. The minimum absolute atomic E-state index is 0.0358. The van der Waals surface area contributed by atoms with E-state index in [9.17, 15) is 19.4 Å². The Kier molecular flexibility index (Phi) is 4.16. The highest BCUT2D eigenvalue weighted by Gasteiger charge is 2.22. The van der Waals surface area contributed by atoms with Gasteiger partial charge in [0.25, 0.3) is 5.91 Å². The van der Waals surface area contributed by atoms with Gasteiger partial charge in [0.15, 0.2) is 0 Å². The topological polar surface area (TPSA) is 60.8 Å². The normalized spacial score (nSPS) is 10.4. The number of carbonyl (C=O) groups excluding carboxylic acids is 1. The number of rotatable bonds is 3. The Morgan fingerprint density at radius 1 is 0.792 bits per heavy atom. The van der Waals surface area contributed by atoms with Crippen molar-refractivity contribution < 1.29 is 19.4 Å². The van der Waals surface area contributed by atoms with Gasteiger partial charge >= 0.3 is 0 Å². The molecule has 0 spiro atoms. The van der Waals surface area contributed by atoms with Gasteiger partial charge in [-0.25, -0.2) is 4.39 Å². The molecule has 3 aromatic rings. The minimum Gasteiger partial charge on any atom is -0.508 e. The summed E-state index contributed by atoms with van der Waals surface area (Å²) < 4.78 is 14.3. The average molecular weight is 323 g/mol. The van der Waals surface area contributed by atoms with Gasteiger partial charge in [-0.2, -0.15) is 0 Å². The molecule has 3 aromatic carbocycles. The van der Waals surface area contributed by atoms with Crippen LogP contribution in [-0.4, -0.2) is 16.1 Å². The van der Waals surface area contributed by atoms with Crippen LogP contribution >= 0.6 is 0 Å². The van der Waals surface area contributed by atoms with Crippen LogP contribution in [0.3, 0.4) is 0 Å². The fourth-order valence-corrected chi connectivity index (χ4v) is 2.33. The third-order valence-corrected chi connectivity index (χ3v) is 3.52. The number of phenolic OH excluding ortho intramolecular Hbond substituents is 2. The molecular formula is C19H14FNO3. The molecule has 1 amide bonds. The molecule has 0 saturated heterocycles. The zero-order chi connectivity index (χ0) is 17.1. The molecule has 2 N–H and O–H groups in total. The molecule has 3 rings (SSSR count). The summed E-state index contributed by atoms with van der Waals surface area (Å²) in [4.78, 5) is 14.1. The second-order valence-electron chi connectivity index (χ2n) is 5.16. The van der Waals surface area contributed by atoms with E-state index in [0.717, 1.165) is 0 Å². The number of phenols is 2. The molecule has 24 heavy (non-hydrogen) atoms. The lowest BCUT2D eigenvalue weighted by Crippen LogP contribution is -2.26. The van der Waals surface area contributed by atoms with E-state index in [0.29, 0.717) is 11.3 Å². The van der Waals surface area contributed by atoms with Crippen LogP contribution in [0.1, 0.15) is 10.4 Å². The first kappa shape index (κ1) is 15.6. The van der Waals surface area contributed by atoms with E-state index in [-0.39, 0.29) is 17.2 Å². The predicted molar refractivity (Wildman–Crippen MR) is 89.1 cm³/mol.